The van der Waals surface area contributed by atoms with Gasteiger partial charge in [0.15, 0.2) is 0 Å². The molecule has 0 fully saturated rings. The van der Waals surface area contributed by atoms with Crippen molar-refractivity contribution in [2.24, 2.45) is 5.73 Å². The van der Waals surface area contributed by atoms with Crippen LogP contribution in [0.3, 0.4) is 0 Å². The van der Waals surface area contributed by atoms with Crippen molar-refractivity contribution in [1.82, 2.24) is 0 Å². The largest absolute Gasteiger partial charge is 0.326 e. The van der Waals surface area contributed by atoms with Gasteiger partial charge in [0.1, 0.15) is 5.82 Å². The third-order valence-corrected chi connectivity index (χ3v) is 3.45. The van der Waals surface area contributed by atoms with E-state index in [1.165, 1.54) is 6.07 Å². The molecule has 1 atom stereocenters. The predicted molar refractivity (Wildman–Crippen MR) is 82.4 cm³/mol. The van der Waals surface area contributed by atoms with Gasteiger partial charge in [-0.2, -0.15) is 0 Å². The molecule has 0 saturated heterocycles. The van der Waals surface area contributed by atoms with Crippen LogP contribution in [-0.2, 0) is 4.79 Å². The maximum Gasteiger partial charge on any atom is 0.224 e. The van der Waals surface area contributed by atoms with E-state index in [1.54, 1.807) is 19.1 Å². The number of carbonyl (C=O) groups is 1. The van der Waals surface area contributed by atoms with Crippen molar-refractivity contribution in [3.05, 3.63) is 65.5 Å². The Labute approximate surface area is 124 Å². The van der Waals surface area contributed by atoms with E-state index in [4.69, 9.17) is 5.73 Å². The molecule has 0 spiro atoms. The van der Waals surface area contributed by atoms with Crippen LogP contribution in [0.1, 0.15) is 30.0 Å². The van der Waals surface area contributed by atoms with Crippen LogP contribution in [0.25, 0.3) is 0 Å². The highest BCUT2D eigenvalue weighted by Crippen LogP contribution is 2.19. The molecule has 110 valence electrons. The Balaban J connectivity index is 1.89. The van der Waals surface area contributed by atoms with Crippen molar-refractivity contribution in [1.29, 1.82) is 0 Å². The number of halogens is 1. The molecule has 3 N–H and O–H groups in total. The van der Waals surface area contributed by atoms with Crippen LogP contribution in [0, 0.1) is 12.7 Å². The van der Waals surface area contributed by atoms with E-state index in [2.05, 4.69) is 5.32 Å². The van der Waals surface area contributed by atoms with E-state index in [0.29, 0.717) is 24.1 Å². The van der Waals surface area contributed by atoms with Gasteiger partial charge >= 0.3 is 0 Å². The number of nitrogens with two attached hydrogens (primary N) is 1. The fourth-order valence-electron chi connectivity index (χ4n) is 2.11. The number of rotatable bonds is 5. The molecule has 0 heterocycles. The molecule has 2 aromatic carbocycles. The van der Waals surface area contributed by atoms with Gasteiger partial charge in [-0.25, -0.2) is 4.39 Å². The number of nitrogens with one attached hydrogen (secondary N) is 1. The topological polar surface area (TPSA) is 55.1 Å². The summed E-state index contributed by atoms with van der Waals surface area (Å²) in [6, 6.07) is 14.1. The Kier molecular flexibility index (Phi) is 5.06. The zero-order chi connectivity index (χ0) is 15.2. The van der Waals surface area contributed by atoms with E-state index >= 15 is 0 Å². The SMILES string of the molecule is Cc1c(F)cccc1NC(=O)CCC(N)c1ccccc1. The molecule has 21 heavy (non-hydrogen) atoms. The molecule has 1 unspecified atom stereocenters. The molecule has 3 nitrogen and oxygen atoms in total. The first-order valence-corrected chi connectivity index (χ1v) is 6.93. The first kappa shape index (κ1) is 15.2. The summed E-state index contributed by atoms with van der Waals surface area (Å²) in [5.74, 6) is -0.483. The first-order chi connectivity index (χ1) is 10.1. The van der Waals surface area contributed by atoms with Gasteiger partial charge in [-0.15, -0.1) is 0 Å². The summed E-state index contributed by atoms with van der Waals surface area (Å²) in [4.78, 5) is 11.9. The second kappa shape index (κ2) is 6.99. The smallest absolute Gasteiger partial charge is 0.224 e. The minimum atomic E-state index is -0.325. The summed E-state index contributed by atoms with van der Waals surface area (Å²) in [5.41, 5.74) is 8.01. The number of anilines is 1. The summed E-state index contributed by atoms with van der Waals surface area (Å²) in [6.07, 6.45) is 0.843. The first-order valence-electron chi connectivity index (χ1n) is 6.93. The number of hydrogen-bond acceptors (Lipinski definition) is 2. The van der Waals surface area contributed by atoms with Crippen LogP contribution in [0.4, 0.5) is 10.1 Å². The predicted octanol–water partition coefficient (Wildman–Crippen LogP) is 3.55. The van der Waals surface area contributed by atoms with Crippen LogP contribution < -0.4 is 11.1 Å². The van der Waals surface area contributed by atoms with Gasteiger partial charge in [0.25, 0.3) is 0 Å². The van der Waals surface area contributed by atoms with Crippen molar-refractivity contribution >= 4 is 11.6 Å². The van der Waals surface area contributed by atoms with E-state index < -0.39 is 0 Å². The van der Waals surface area contributed by atoms with Crippen LogP contribution in [0.2, 0.25) is 0 Å². The number of amides is 1. The van der Waals surface area contributed by atoms with E-state index in [9.17, 15) is 9.18 Å². The molecule has 2 rings (SSSR count). The van der Waals surface area contributed by atoms with E-state index in [0.717, 1.165) is 5.56 Å². The lowest BCUT2D eigenvalue weighted by molar-refractivity contribution is -0.116. The maximum atomic E-state index is 13.4. The minimum Gasteiger partial charge on any atom is -0.326 e. The number of hydrogen-bond donors (Lipinski definition) is 2. The number of carbonyl (C=O) groups excluding carboxylic acids is 1. The molecule has 0 aromatic heterocycles. The standard InChI is InChI=1S/C17H19FN2O/c1-12-14(18)8-5-9-16(12)20-17(21)11-10-15(19)13-6-3-2-4-7-13/h2-9,15H,10-11,19H2,1H3,(H,20,21). The van der Waals surface area contributed by atoms with Gasteiger partial charge in [0.2, 0.25) is 5.91 Å². The minimum absolute atomic E-state index is 0.157. The summed E-state index contributed by atoms with van der Waals surface area (Å²) < 4.78 is 13.4. The summed E-state index contributed by atoms with van der Waals surface area (Å²) in [5, 5.41) is 2.72. The highest BCUT2D eigenvalue weighted by Gasteiger charge is 2.11. The van der Waals surface area contributed by atoms with Crippen LogP contribution in [0.5, 0.6) is 0 Å². The number of benzene rings is 2. The van der Waals surface area contributed by atoms with Crippen LogP contribution in [0.15, 0.2) is 48.5 Å². The Morgan fingerprint density at radius 2 is 1.90 bits per heavy atom. The monoisotopic (exact) mass is 286 g/mol. The van der Waals surface area contributed by atoms with E-state index in [1.807, 2.05) is 30.3 Å². The molecule has 0 aliphatic carbocycles. The van der Waals surface area contributed by atoms with Gasteiger partial charge in [-0.3, -0.25) is 4.79 Å². The third kappa shape index (κ3) is 4.13. The molecule has 0 saturated carbocycles. The van der Waals surface area contributed by atoms with Gasteiger partial charge in [0.05, 0.1) is 0 Å². The molecule has 1 amide bonds. The van der Waals surface area contributed by atoms with Crippen molar-refractivity contribution in [3.8, 4) is 0 Å². The Morgan fingerprint density at radius 3 is 2.62 bits per heavy atom. The fraction of sp³-hybridized carbons (Fsp3) is 0.235. The summed E-state index contributed by atoms with van der Waals surface area (Å²) >= 11 is 0. The lowest BCUT2D eigenvalue weighted by atomic mass is 10.0. The third-order valence-electron chi connectivity index (χ3n) is 3.45. The fourth-order valence-corrected chi connectivity index (χ4v) is 2.11. The van der Waals surface area contributed by atoms with Gasteiger partial charge < -0.3 is 11.1 Å². The Hall–Kier alpha value is -2.20. The molecule has 4 heteroatoms. The zero-order valence-electron chi connectivity index (χ0n) is 12.0. The average Bonchev–Trinajstić information content (AvgIpc) is 2.50. The molecular weight excluding hydrogens is 267 g/mol. The van der Waals surface area contributed by atoms with Crippen LogP contribution in [-0.4, -0.2) is 5.91 Å². The average molecular weight is 286 g/mol. The lowest BCUT2D eigenvalue weighted by Crippen LogP contribution is -2.17. The normalized spacial score (nSPS) is 12.0. The highest BCUT2D eigenvalue weighted by molar-refractivity contribution is 5.91. The van der Waals surface area contributed by atoms with Gasteiger partial charge in [0, 0.05) is 23.7 Å². The molecule has 0 radical (unpaired) electrons. The highest BCUT2D eigenvalue weighted by atomic mass is 19.1. The second-order valence-corrected chi connectivity index (χ2v) is 5.02. The Morgan fingerprint density at radius 1 is 1.19 bits per heavy atom. The van der Waals surface area contributed by atoms with Gasteiger partial charge in [-0.1, -0.05) is 36.4 Å². The van der Waals surface area contributed by atoms with Crippen molar-refractivity contribution in [3.63, 3.8) is 0 Å². The summed E-state index contributed by atoms with van der Waals surface area (Å²) in [6.45, 7) is 1.64. The molecule has 0 aliphatic rings. The maximum absolute atomic E-state index is 13.4. The van der Waals surface area contributed by atoms with Gasteiger partial charge in [-0.05, 0) is 31.0 Å². The Bertz CT molecular complexity index is 613. The lowest BCUT2D eigenvalue weighted by Gasteiger charge is -2.13. The molecule has 2 aromatic rings. The van der Waals surface area contributed by atoms with Crippen molar-refractivity contribution in [2.75, 3.05) is 5.32 Å². The zero-order valence-corrected chi connectivity index (χ0v) is 12.0. The molecule has 0 aliphatic heterocycles. The molecule has 0 bridgehead atoms. The van der Waals surface area contributed by atoms with Crippen molar-refractivity contribution < 1.29 is 9.18 Å². The quantitative estimate of drug-likeness (QED) is 0.883. The molecular formula is C17H19FN2O. The summed E-state index contributed by atoms with van der Waals surface area (Å²) in [7, 11) is 0. The van der Waals surface area contributed by atoms with Crippen LogP contribution >= 0.6 is 0 Å². The van der Waals surface area contributed by atoms with Crippen molar-refractivity contribution in [2.45, 2.75) is 25.8 Å². The van der Waals surface area contributed by atoms with E-state index in [-0.39, 0.29) is 17.8 Å². The second-order valence-electron chi connectivity index (χ2n) is 5.02.